The Labute approximate surface area is 239 Å². The van der Waals surface area contributed by atoms with Crippen molar-refractivity contribution in [3.63, 3.8) is 0 Å². The van der Waals surface area contributed by atoms with Crippen LogP contribution >= 0.6 is 0 Å². The second kappa shape index (κ2) is 16.1. The van der Waals surface area contributed by atoms with Crippen LogP contribution in [0.1, 0.15) is 93.9 Å². The molecule has 0 aromatic heterocycles. The highest BCUT2D eigenvalue weighted by Crippen LogP contribution is 2.39. The predicted octanol–water partition coefficient (Wildman–Crippen LogP) is 6.28. The molecule has 2 aromatic rings. The molecule has 1 aliphatic carbocycles. The summed E-state index contributed by atoms with van der Waals surface area (Å²) in [4.78, 5) is 39.0. The summed E-state index contributed by atoms with van der Waals surface area (Å²) in [5.74, 6) is -0.0483. The van der Waals surface area contributed by atoms with Crippen molar-refractivity contribution in [2.75, 3.05) is 13.2 Å². The third kappa shape index (κ3) is 9.13. The lowest BCUT2D eigenvalue weighted by molar-refractivity contribution is -0.151. The molecule has 3 rings (SSSR count). The van der Waals surface area contributed by atoms with Gasteiger partial charge in [0.25, 0.3) is 0 Å². The van der Waals surface area contributed by atoms with E-state index in [1.165, 1.54) is 5.56 Å². The molecule has 0 aliphatic heterocycles. The standard InChI is InChI=1S/C34H44N2O4/c1-3-26-15-17-27(18-16-26)23-36-24-33(39)40-25-34(20-8-7-11-29(19-21-34)31(37)4-2)32(38)14-9-13-28-10-5-6-12-30(28)22-35/h5-6,10,12,15-18,29,36H,3-4,7-9,11,13-14,19-21,23-25H2,1-2H3. The lowest BCUT2D eigenvalue weighted by Crippen LogP contribution is -2.40. The molecule has 2 atom stereocenters. The van der Waals surface area contributed by atoms with Gasteiger partial charge in [0, 0.05) is 25.3 Å². The van der Waals surface area contributed by atoms with Gasteiger partial charge in [-0.2, -0.15) is 5.26 Å². The molecule has 0 heterocycles. The molecule has 214 valence electrons. The number of carbonyl (C=O) groups is 3. The van der Waals surface area contributed by atoms with Crippen LogP contribution in [0.5, 0.6) is 0 Å². The van der Waals surface area contributed by atoms with Gasteiger partial charge in [-0.3, -0.25) is 14.4 Å². The summed E-state index contributed by atoms with van der Waals surface area (Å²) in [6.45, 7) is 4.70. The smallest absolute Gasteiger partial charge is 0.319 e. The Balaban J connectivity index is 1.62. The zero-order chi connectivity index (χ0) is 28.8. The van der Waals surface area contributed by atoms with Crippen LogP contribution in [-0.2, 0) is 38.5 Å². The zero-order valence-corrected chi connectivity index (χ0v) is 24.2. The topological polar surface area (TPSA) is 96.3 Å². The van der Waals surface area contributed by atoms with E-state index in [1.54, 1.807) is 6.07 Å². The average molecular weight is 545 g/mol. The van der Waals surface area contributed by atoms with Crippen LogP contribution in [0.4, 0.5) is 0 Å². The van der Waals surface area contributed by atoms with Crippen LogP contribution in [0, 0.1) is 22.7 Å². The number of aryl methyl sites for hydroxylation is 2. The maximum atomic E-state index is 13.8. The van der Waals surface area contributed by atoms with E-state index in [4.69, 9.17) is 4.74 Å². The average Bonchev–Trinajstić information content (AvgIpc) is 2.97. The number of ether oxygens (including phenoxy) is 1. The van der Waals surface area contributed by atoms with E-state index in [0.29, 0.717) is 57.1 Å². The van der Waals surface area contributed by atoms with Crippen molar-refractivity contribution in [3.8, 4) is 6.07 Å². The summed E-state index contributed by atoms with van der Waals surface area (Å²) in [6.07, 6.45) is 7.59. The van der Waals surface area contributed by atoms with Crippen molar-refractivity contribution in [1.82, 2.24) is 5.32 Å². The summed E-state index contributed by atoms with van der Waals surface area (Å²) in [7, 11) is 0. The number of hydrogen-bond donors (Lipinski definition) is 1. The number of ketones is 2. The van der Waals surface area contributed by atoms with Gasteiger partial charge in [0.15, 0.2) is 0 Å². The number of benzene rings is 2. The van der Waals surface area contributed by atoms with E-state index >= 15 is 0 Å². The highest BCUT2D eigenvalue weighted by Gasteiger charge is 2.40. The van der Waals surface area contributed by atoms with E-state index in [9.17, 15) is 19.6 Å². The first-order chi connectivity index (χ1) is 19.4. The van der Waals surface area contributed by atoms with E-state index in [2.05, 4.69) is 42.6 Å². The van der Waals surface area contributed by atoms with Crippen molar-refractivity contribution in [1.29, 1.82) is 5.26 Å². The number of hydrogen-bond acceptors (Lipinski definition) is 6. The fourth-order valence-electron chi connectivity index (χ4n) is 5.71. The molecule has 0 radical (unpaired) electrons. The molecule has 0 saturated heterocycles. The Hall–Kier alpha value is -3.30. The van der Waals surface area contributed by atoms with E-state index in [1.807, 2.05) is 25.1 Å². The van der Waals surface area contributed by atoms with Gasteiger partial charge >= 0.3 is 5.97 Å². The molecule has 6 nitrogen and oxygen atoms in total. The number of esters is 1. The van der Waals surface area contributed by atoms with E-state index in [-0.39, 0.29) is 36.6 Å². The minimum Gasteiger partial charge on any atom is -0.464 e. The molecule has 1 N–H and O–H groups in total. The molecule has 0 amide bonds. The minimum atomic E-state index is -0.771. The van der Waals surface area contributed by atoms with Crippen molar-refractivity contribution < 1.29 is 19.1 Å². The number of nitriles is 1. The Bertz CT molecular complexity index is 1170. The third-order valence-electron chi connectivity index (χ3n) is 8.35. The maximum Gasteiger partial charge on any atom is 0.319 e. The monoisotopic (exact) mass is 544 g/mol. The highest BCUT2D eigenvalue weighted by atomic mass is 16.5. The zero-order valence-electron chi connectivity index (χ0n) is 24.2. The second-order valence-corrected chi connectivity index (χ2v) is 11.1. The fraction of sp³-hybridized carbons (Fsp3) is 0.529. The molecule has 40 heavy (non-hydrogen) atoms. The normalized spacial score (nSPS) is 19.2. The molecular formula is C34H44N2O4. The molecule has 0 spiro atoms. The SMILES string of the molecule is CCC(=O)C1CCCCC(COC(=O)CNCc2ccc(CC)cc2)(C(=O)CCCc2ccccc2C#N)CC1. The maximum absolute atomic E-state index is 13.8. The van der Waals surface area contributed by atoms with Gasteiger partial charge < -0.3 is 10.1 Å². The first kappa shape index (κ1) is 31.2. The molecular weight excluding hydrogens is 500 g/mol. The lowest BCUT2D eigenvalue weighted by Gasteiger charge is -2.35. The van der Waals surface area contributed by atoms with Gasteiger partial charge in [-0.15, -0.1) is 0 Å². The Kier molecular flexibility index (Phi) is 12.6. The van der Waals surface area contributed by atoms with Gasteiger partial charge in [0.05, 0.1) is 23.6 Å². The van der Waals surface area contributed by atoms with Gasteiger partial charge in [-0.05, 0) is 67.7 Å². The summed E-state index contributed by atoms with van der Waals surface area (Å²) >= 11 is 0. The Morgan fingerprint density at radius 3 is 2.48 bits per heavy atom. The number of rotatable bonds is 14. The van der Waals surface area contributed by atoms with Crippen LogP contribution in [0.25, 0.3) is 0 Å². The fourth-order valence-corrected chi connectivity index (χ4v) is 5.71. The van der Waals surface area contributed by atoms with Crippen LogP contribution in [0.3, 0.4) is 0 Å². The van der Waals surface area contributed by atoms with Crippen LogP contribution in [0.2, 0.25) is 0 Å². The second-order valence-electron chi connectivity index (χ2n) is 11.1. The van der Waals surface area contributed by atoms with Crippen molar-refractivity contribution in [2.45, 2.75) is 91.0 Å². The van der Waals surface area contributed by atoms with Gasteiger partial charge in [-0.25, -0.2) is 0 Å². The molecule has 2 aromatic carbocycles. The molecule has 1 aliphatic rings. The Morgan fingerprint density at radius 2 is 1.75 bits per heavy atom. The molecule has 1 fully saturated rings. The quantitative estimate of drug-likeness (QED) is 0.281. The highest BCUT2D eigenvalue weighted by molar-refractivity contribution is 5.86. The van der Waals surface area contributed by atoms with Gasteiger partial charge in [0.1, 0.15) is 18.2 Å². The number of nitrogens with zero attached hydrogens (tertiary/aromatic N) is 1. The molecule has 6 heteroatoms. The number of nitrogens with one attached hydrogen (secondary N) is 1. The lowest BCUT2D eigenvalue weighted by atomic mass is 9.70. The van der Waals surface area contributed by atoms with Gasteiger partial charge in [-0.1, -0.05) is 69.2 Å². The molecule has 2 unspecified atom stereocenters. The van der Waals surface area contributed by atoms with Crippen molar-refractivity contribution in [3.05, 3.63) is 70.8 Å². The van der Waals surface area contributed by atoms with E-state index < -0.39 is 5.41 Å². The largest absolute Gasteiger partial charge is 0.464 e. The van der Waals surface area contributed by atoms with Crippen LogP contribution in [0.15, 0.2) is 48.5 Å². The van der Waals surface area contributed by atoms with Crippen LogP contribution in [-0.4, -0.2) is 30.7 Å². The molecule has 1 saturated carbocycles. The summed E-state index contributed by atoms with van der Waals surface area (Å²) in [6, 6.07) is 18.0. The third-order valence-corrected chi connectivity index (χ3v) is 8.35. The summed E-state index contributed by atoms with van der Waals surface area (Å²) in [5, 5.41) is 12.5. The molecule has 0 bridgehead atoms. The van der Waals surface area contributed by atoms with Crippen molar-refractivity contribution >= 4 is 17.5 Å². The van der Waals surface area contributed by atoms with Crippen LogP contribution < -0.4 is 5.32 Å². The first-order valence-electron chi connectivity index (χ1n) is 14.9. The predicted molar refractivity (Wildman–Crippen MR) is 157 cm³/mol. The van der Waals surface area contributed by atoms with E-state index in [0.717, 1.165) is 36.8 Å². The van der Waals surface area contributed by atoms with Gasteiger partial charge in [0.2, 0.25) is 0 Å². The van der Waals surface area contributed by atoms with Crippen molar-refractivity contribution in [2.24, 2.45) is 11.3 Å². The number of carbonyl (C=O) groups excluding carboxylic acids is 3. The summed E-state index contributed by atoms with van der Waals surface area (Å²) in [5.41, 5.74) is 3.18. The Morgan fingerprint density at radius 1 is 1.00 bits per heavy atom. The summed E-state index contributed by atoms with van der Waals surface area (Å²) < 4.78 is 5.75. The minimum absolute atomic E-state index is 0.0311. The first-order valence-corrected chi connectivity index (χ1v) is 14.9. The number of Topliss-reactive ketones (excluding diaryl/α,β-unsaturated/α-hetero) is 2.